The van der Waals surface area contributed by atoms with Gasteiger partial charge in [0.2, 0.25) is 0 Å². The third kappa shape index (κ3) is 5.17. The van der Waals surface area contributed by atoms with Gasteiger partial charge in [0.15, 0.2) is 0 Å². The summed E-state index contributed by atoms with van der Waals surface area (Å²) in [5.74, 6) is -1.95. The van der Waals surface area contributed by atoms with Gasteiger partial charge in [0.25, 0.3) is 0 Å². The van der Waals surface area contributed by atoms with Crippen LogP contribution in [0.15, 0.2) is 42.1 Å². The van der Waals surface area contributed by atoms with E-state index >= 15 is 0 Å². The number of nitrogens with one attached hydrogen (secondary N) is 1. The van der Waals surface area contributed by atoms with Crippen LogP contribution in [0.4, 0.5) is 0 Å². The van der Waals surface area contributed by atoms with Crippen molar-refractivity contribution in [1.29, 1.82) is 0 Å². The lowest BCUT2D eigenvalue weighted by molar-refractivity contribution is -0.158. The number of esters is 2. The van der Waals surface area contributed by atoms with E-state index < -0.39 is 36.0 Å². The third-order valence-electron chi connectivity index (χ3n) is 8.54. The van der Waals surface area contributed by atoms with Gasteiger partial charge in [-0.05, 0) is 56.7 Å². The fourth-order valence-corrected chi connectivity index (χ4v) is 6.35. The van der Waals surface area contributed by atoms with Crippen molar-refractivity contribution in [3.8, 4) is 0 Å². The molecule has 4 N–H and O–H groups in total. The maximum atomic E-state index is 12.7. The van der Waals surface area contributed by atoms with Gasteiger partial charge < -0.3 is 29.8 Å². The number of hydrogen-bond acceptors (Lipinski definition) is 7. The molecule has 36 heavy (non-hydrogen) atoms. The van der Waals surface area contributed by atoms with Crippen molar-refractivity contribution in [3.05, 3.63) is 47.8 Å². The topological polar surface area (TPSA) is 129 Å². The molecule has 0 unspecified atom stereocenters. The van der Waals surface area contributed by atoms with Crippen LogP contribution in [0.1, 0.15) is 63.9 Å². The van der Waals surface area contributed by atoms with Gasteiger partial charge >= 0.3 is 11.9 Å². The van der Waals surface area contributed by atoms with Gasteiger partial charge in [0, 0.05) is 36.3 Å². The normalized spacial score (nSPS) is 41.5. The average Bonchev–Trinajstić information content (AvgIpc) is 3.46. The molecule has 8 heteroatoms. The van der Waals surface area contributed by atoms with Gasteiger partial charge in [-0.25, -0.2) is 4.79 Å². The molecule has 0 amide bonds. The molecule has 3 aliphatic rings. The minimum Gasteiger partial charge on any atom is -0.459 e. The Hall–Kier alpha value is -2.42. The van der Waals surface area contributed by atoms with Crippen LogP contribution >= 0.6 is 0 Å². The number of rotatable bonds is 4. The molecule has 0 spiro atoms. The van der Waals surface area contributed by atoms with Crippen molar-refractivity contribution in [2.45, 2.75) is 83.4 Å². The largest absolute Gasteiger partial charge is 0.459 e. The number of ether oxygens (including phenoxy) is 2. The molecule has 1 aromatic rings. The Morgan fingerprint density at radius 3 is 2.72 bits per heavy atom. The van der Waals surface area contributed by atoms with Gasteiger partial charge in [0.05, 0.1) is 17.8 Å². The molecule has 1 fully saturated rings. The molecule has 4 rings (SSSR count). The highest BCUT2D eigenvalue weighted by molar-refractivity contribution is 5.87. The van der Waals surface area contributed by atoms with Crippen LogP contribution in [-0.4, -0.2) is 62.3 Å². The summed E-state index contributed by atoms with van der Waals surface area (Å²) in [6, 6.07) is 3.38. The first-order valence-corrected chi connectivity index (χ1v) is 13.0. The van der Waals surface area contributed by atoms with Crippen LogP contribution in [0.3, 0.4) is 0 Å². The summed E-state index contributed by atoms with van der Waals surface area (Å²) in [5.41, 5.74) is -0.0800. The molecule has 0 saturated heterocycles. The van der Waals surface area contributed by atoms with E-state index in [1.165, 1.54) is 0 Å². The minimum atomic E-state index is -1.21. The van der Waals surface area contributed by atoms with E-state index in [1.807, 2.05) is 32.9 Å². The maximum Gasteiger partial charge on any atom is 0.355 e. The van der Waals surface area contributed by atoms with Crippen molar-refractivity contribution >= 4 is 11.9 Å². The SMILES string of the molecule is C/C1=C\[C@@H](C)[C@@H]([C@@H](C)O)OC(=O)CC[C@H]2C=C[C@@H]([C@H]3C[C@H](O)[C@@H](C)[C@H]3OC(=O)c3ccc[nH]3)C[C@]12O. The van der Waals surface area contributed by atoms with E-state index in [1.54, 1.807) is 25.3 Å². The predicted octanol–water partition coefficient (Wildman–Crippen LogP) is 3.15. The number of fused-ring (bicyclic) bond motifs is 1. The molecule has 1 saturated carbocycles. The zero-order valence-corrected chi connectivity index (χ0v) is 21.5. The summed E-state index contributed by atoms with van der Waals surface area (Å²) >= 11 is 0. The minimum absolute atomic E-state index is 0.131. The predicted molar refractivity (Wildman–Crippen MR) is 133 cm³/mol. The van der Waals surface area contributed by atoms with Crippen molar-refractivity contribution in [1.82, 2.24) is 4.98 Å². The summed E-state index contributed by atoms with van der Waals surface area (Å²) in [7, 11) is 0. The van der Waals surface area contributed by atoms with Gasteiger partial charge in [-0.15, -0.1) is 0 Å². The molecule has 8 nitrogen and oxygen atoms in total. The van der Waals surface area contributed by atoms with Crippen LogP contribution in [-0.2, 0) is 14.3 Å². The summed E-state index contributed by atoms with van der Waals surface area (Å²) < 4.78 is 11.5. The average molecular weight is 502 g/mol. The van der Waals surface area contributed by atoms with E-state index in [9.17, 15) is 24.9 Å². The van der Waals surface area contributed by atoms with Gasteiger partial charge in [0.1, 0.15) is 17.9 Å². The Balaban J connectivity index is 1.62. The van der Waals surface area contributed by atoms with Crippen molar-refractivity contribution in [2.75, 3.05) is 0 Å². The second-order valence-electron chi connectivity index (χ2n) is 11.0. The summed E-state index contributed by atoms with van der Waals surface area (Å²) in [4.78, 5) is 28.1. The quantitative estimate of drug-likeness (QED) is 0.368. The second-order valence-corrected chi connectivity index (χ2v) is 11.0. The lowest BCUT2D eigenvalue weighted by Crippen LogP contribution is -2.46. The van der Waals surface area contributed by atoms with E-state index in [-0.39, 0.29) is 42.0 Å². The Labute approximate surface area is 212 Å². The van der Waals surface area contributed by atoms with Crippen LogP contribution < -0.4 is 0 Å². The first kappa shape index (κ1) is 26.6. The van der Waals surface area contributed by atoms with E-state index in [0.717, 1.165) is 5.57 Å². The Morgan fingerprint density at radius 1 is 1.31 bits per heavy atom. The molecular weight excluding hydrogens is 462 g/mol. The zero-order valence-electron chi connectivity index (χ0n) is 21.5. The Kier molecular flexibility index (Phi) is 7.78. The number of aliphatic hydroxyl groups excluding tert-OH is 2. The number of hydrogen-bond donors (Lipinski definition) is 4. The maximum absolute atomic E-state index is 12.7. The third-order valence-corrected chi connectivity index (χ3v) is 8.54. The summed E-state index contributed by atoms with van der Waals surface area (Å²) in [6.45, 7) is 7.24. The zero-order chi connectivity index (χ0) is 26.2. The van der Waals surface area contributed by atoms with Gasteiger partial charge in [-0.3, -0.25) is 4.79 Å². The molecule has 10 atom stereocenters. The molecule has 198 valence electrons. The fourth-order valence-electron chi connectivity index (χ4n) is 6.35. The number of H-pyrrole nitrogens is 1. The molecule has 1 aromatic heterocycles. The number of cyclic esters (lactones) is 1. The number of aliphatic hydroxyl groups is 3. The molecule has 0 bridgehead atoms. The molecule has 2 heterocycles. The molecular formula is C28H39NO7. The molecule has 1 aliphatic heterocycles. The highest BCUT2D eigenvalue weighted by Gasteiger charge is 2.50. The van der Waals surface area contributed by atoms with Crippen LogP contribution in [0, 0.1) is 29.6 Å². The number of carbonyl (C=O) groups is 2. The van der Waals surface area contributed by atoms with E-state index in [0.29, 0.717) is 25.0 Å². The van der Waals surface area contributed by atoms with E-state index in [2.05, 4.69) is 11.1 Å². The smallest absolute Gasteiger partial charge is 0.355 e. The van der Waals surface area contributed by atoms with Gasteiger partial charge in [-0.1, -0.05) is 32.1 Å². The van der Waals surface area contributed by atoms with Crippen LogP contribution in [0.25, 0.3) is 0 Å². The monoisotopic (exact) mass is 501 g/mol. The lowest BCUT2D eigenvalue weighted by Gasteiger charge is -2.44. The molecule has 2 aliphatic carbocycles. The summed E-state index contributed by atoms with van der Waals surface area (Å²) in [6.07, 6.45) is 6.35. The van der Waals surface area contributed by atoms with Crippen LogP contribution in [0.5, 0.6) is 0 Å². The number of allylic oxidation sites excluding steroid dienone is 1. The number of aromatic nitrogens is 1. The number of carbonyl (C=O) groups excluding carboxylic acids is 2. The summed E-state index contributed by atoms with van der Waals surface area (Å²) in [5, 5.41) is 33.0. The van der Waals surface area contributed by atoms with E-state index in [4.69, 9.17) is 9.47 Å². The first-order chi connectivity index (χ1) is 17.0. The second kappa shape index (κ2) is 10.5. The van der Waals surface area contributed by atoms with Crippen molar-refractivity contribution in [3.63, 3.8) is 0 Å². The fraction of sp³-hybridized carbons (Fsp3) is 0.643. The highest BCUT2D eigenvalue weighted by Crippen LogP contribution is 2.48. The highest BCUT2D eigenvalue weighted by atomic mass is 16.6. The molecule has 0 aromatic carbocycles. The Morgan fingerprint density at radius 2 is 2.06 bits per heavy atom. The first-order valence-electron chi connectivity index (χ1n) is 13.0. The van der Waals surface area contributed by atoms with Gasteiger partial charge in [-0.2, -0.15) is 0 Å². The van der Waals surface area contributed by atoms with Crippen LogP contribution in [0.2, 0.25) is 0 Å². The number of aromatic amines is 1. The molecule has 0 radical (unpaired) electrons. The van der Waals surface area contributed by atoms with Crippen molar-refractivity contribution in [2.24, 2.45) is 29.6 Å². The Bertz CT molecular complexity index is 1000. The lowest BCUT2D eigenvalue weighted by atomic mass is 9.66. The standard InChI is InChI=1S/C28H39NO7/c1-15-12-16(2)28(34)14-19(7-8-20(28)9-10-24(32)35-25(15)18(4)30)21-13-23(31)17(3)26(21)36-27(33)22-6-5-11-29-22/h5-8,11-12,15,17-21,23,25-26,29-31,34H,9-10,13-14H2,1-4H3/b16-12+/t15-,17-,18-,19-,20-,21-,23+,25+,26-,28+/m1/s1. The van der Waals surface area contributed by atoms with Crippen molar-refractivity contribution < 1.29 is 34.4 Å².